The van der Waals surface area contributed by atoms with Gasteiger partial charge in [-0.2, -0.15) is 0 Å². The van der Waals surface area contributed by atoms with Crippen molar-refractivity contribution in [2.75, 3.05) is 13.7 Å². The van der Waals surface area contributed by atoms with Gasteiger partial charge < -0.3 is 9.47 Å². The van der Waals surface area contributed by atoms with E-state index in [2.05, 4.69) is 0 Å². The molecular weight excluding hydrogens is 271 g/mol. The minimum absolute atomic E-state index is 0.0174. The van der Waals surface area contributed by atoms with E-state index in [0.29, 0.717) is 12.2 Å². The van der Waals surface area contributed by atoms with E-state index in [1.807, 2.05) is 6.92 Å². The van der Waals surface area contributed by atoms with Gasteiger partial charge in [0.25, 0.3) is 0 Å². The van der Waals surface area contributed by atoms with Crippen molar-refractivity contribution in [3.63, 3.8) is 0 Å². The minimum Gasteiger partial charge on any atom is -0.494 e. The first-order valence-electron chi connectivity index (χ1n) is 7.61. The summed E-state index contributed by atoms with van der Waals surface area (Å²) in [6.07, 6.45) is 4.66. The van der Waals surface area contributed by atoms with Crippen LogP contribution in [0.4, 0.5) is 4.39 Å². The van der Waals surface area contributed by atoms with Gasteiger partial charge >= 0.3 is 0 Å². The van der Waals surface area contributed by atoms with Crippen LogP contribution < -0.4 is 4.74 Å². The van der Waals surface area contributed by atoms with Crippen molar-refractivity contribution < 1.29 is 18.7 Å². The molecule has 0 spiro atoms. The molecule has 0 bridgehead atoms. The second kappa shape index (κ2) is 7.03. The SMILES string of the molecule is CCOC1(C(=O)Cc2cccc(OC)c2F)CCCCC1. The van der Waals surface area contributed by atoms with Crippen LogP contribution in [-0.4, -0.2) is 25.1 Å². The third-order valence-electron chi connectivity index (χ3n) is 4.20. The van der Waals surface area contributed by atoms with Crippen LogP contribution in [0.3, 0.4) is 0 Å². The first kappa shape index (κ1) is 16.0. The molecule has 116 valence electrons. The molecule has 0 heterocycles. The van der Waals surface area contributed by atoms with Crippen molar-refractivity contribution in [1.29, 1.82) is 0 Å². The molecule has 0 unspecified atom stereocenters. The number of halogens is 1. The molecule has 1 aromatic rings. The van der Waals surface area contributed by atoms with E-state index in [1.165, 1.54) is 7.11 Å². The highest BCUT2D eigenvalue weighted by molar-refractivity contribution is 5.89. The first-order valence-corrected chi connectivity index (χ1v) is 7.61. The monoisotopic (exact) mass is 294 g/mol. The molecule has 21 heavy (non-hydrogen) atoms. The van der Waals surface area contributed by atoms with Gasteiger partial charge in [-0.1, -0.05) is 31.4 Å². The molecule has 0 aromatic heterocycles. The molecule has 1 aliphatic rings. The number of ketones is 1. The number of hydrogen-bond acceptors (Lipinski definition) is 3. The number of carbonyl (C=O) groups is 1. The Hall–Kier alpha value is -1.42. The smallest absolute Gasteiger partial charge is 0.169 e. The van der Waals surface area contributed by atoms with Crippen LogP contribution in [0.15, 0.2) is 18.2 Å². The molecular formula is C17H23FO3. The van der Waals surface area contributed by atoms with E-state index >= 15 is 0 Å². The van der Waals surface area contributed by atoms with Crippen molar-refractivity contribution in [3.05, 3.63) is 29.6 Å². The summed E-state index contributed by atoms with van der Waals surface area (Å²) >= 11 is 0. The molecule has 4 heteroatoms. The summed E-state index contributed by atoms with van der Waals surface area (Å²) in [5.74, 6) is -0.290. The summed E-state index contributed by atoms with van der Waals surface area (Å²) in [4.78, 5) is 12.7. The van der Waals surface area contributed by atoms with Crippen LogP contribution in [0, 0.1) is 5.82 Å². The highest BCUT2D eigenvalue weighted by Crippen LogP contribution is 2.34. The van der Waals surface area contributed by atoms with Crippen LogP contribution >= 0.6 is 0 Å². The zero-order valence-electron chi connectivity index (χ0n) is 12.8. The van der Waals surface area contributed by atoms with E-state index < -0.39 is 11.4 Å². The average Bonchev–Trinajstić information content (AvgIpc) is 2.50. The lowest BCUT2D eigenvalue weighted by molar-refractivity contribution is -0.148. The quantitative estimate of drug-likeness (QED) is 0.802. The van der Waals surface area contributed by atoms with E-state index in [0.717, 1.165) is 32.1 Å². The van der Waals surface area contributed by atoms with Gasteiger partial charge in [0.15, 0.2) is 17.3 Å². The zero-order chi connectivity index (χ0) is 15.3. The molecule has 1 aromatic carbocycles. The largest absolute Gasteiger partial charge is 0.494 e. The van der Waals surface area contributed by atoms with Gasteiger partial charge in [-0.25, -0.2) is 4.39 Å². The van der Waals surface area contributed by atoms with E-state index in [1.54, 1.807) is 18.2 Å². The zero-order valence-corrected chi connectivity index (χ0v) is 12.8. The maximum absolute atomic E-state index is 14.2. The van der Waals surface area contributed by atoms with E-state index in [-0.39, 0.29) is 18.0 Å². The number of benzene rings is 1. The molecule has 0 aliphatic heterocycles. The number of methoxy groups -OCH3 is 1. The average molecular weight is 294 g/mol. The van der Waals surface area contributed by atoms with E-state index in [9.17, 15) is 9.18 Å². The fourth-order valence-corrected chi connectivity index (χ4v) is 3.09. The van der Waals surface area contributed by atoms with Gasteiger partial charge in [-0.15, -0.1) is 0 Å². The van der Waals surface area contributed by atoms with Gasteiger partial charge in [0.2, 0.25) is 0 Å². The fourth-order valence-electron chi connectivity index (χ4n) is 3.09. The molecule has 0 saturated heterocycles. The fraction of sp³-hybridized carbons (Fsp3) is 0.588. The lowest BCUT2D eigenvalue weighted by Crippen LogP contribution is -2.44. The minimum atomic E-state index is -0.720. The summed E-state index contributed by atoms with van der Waals surface area (Å²) in [6, 6.07) is 4.90. The predicted octanol–water partition coefficient (Wildman–Crippen LogP) is 3.69. The van der Waals surface area contributed by atoms with Crippen LogP contribution in [0.2, 0.25) is 0 Å². The maximum Gasteiger partial charge on any atom is 0.169 e. The Labute approximate surface area is 125 Å². The van der Waals surface area contributed by atoms with Crippen LogP contribution in [0.1, 0.15) is 44.6 Å². The molecule has 0 amide bonds. The Bertz CT molecular complexity index is 487. The molecule has 2 rings (SSSR count). The summed E-state index contributed by atoms with van der Waals surface area (Å²) in [5.41, 5.74) is -0.341. The molecule has 0 radical (unpaired) electrons. The van der Waals surface area contributed by atoms with Crippen molar-refractivity contribution in [1.82, 2.24) is 0 Å². The molecule has 1 saturated carbocycles. The molecule has 0 atom stereocenters. The van der Waals surface area contributed by atoms with Crippen molar-refractivity contribution in [2.24, 2.45) is 0 Å². The van der Waals surface area contributed by atoms with Crippen molar-refractivity contribution in [2.45, 2.75) is 51.0 Å². The van der Waals surface area contributed by atoms with Gasteiger partial charge in [0, 0.05) is 13.0 Å². The molecule has 0 N–H and O–H groups in total. The van der Waals surface area contributed by atoms with E-state index in [4.69, 9.17) is 9.47 Å². The molecule has 1 fully saturated rings. The number of hydrogen-bond donors (Lipinski definition) is 0. The van der Waals surface area contributed by atoms with Gasteiger partial charge in [0.05, 0.1) is 7.11 Å². The lowest BCUT2D eigenvalue weighted by Gasteiger charge is -2.35. The van der Waals surface area contributed by atoms with Crippen molar-refractivity contribution in [3.8, 4) is 5.75 Å². The van der Waals surface area contributed by atoms with Crippen molar-refractivity contribution >= 4 is 5.78 Å². The number of ether oxygens (including phenoxy) is 2. The number of rotatable bonds is 6. The summed E-state index contributed by atoms with van der Waals surface area (Å²) < 4.78 is 25.0. The van der Waals surface area contributed by atoms with Gasteiger partial charge in [0.1, 0.15) is 5.60 Å². The normalized spacial score (nSPS) is 17.5. The summed E-state index contributed by atoms with van der Waals surface area (Å²) in [7, 11) is 1.42. The highest BCUT2D eigenvalue weighted by Gasteiger charge is 2.39. The summed E-state index contributed by atoms with van der Waals surface area (Å²) in [5, 5.41) is 0. The third kappa shape index (κ3) is 3.43. The number of Topliss-reactive ketones (excluding diaryl/α,β-unsaturated/α-hetero) is 1. The molecule has 1 aliphatic carbocycles. The maximum atomic E-state index is 14.2. The van der Waals surface area contributed by atoms with Crippen LogP contribution in [0.25, 0.3) is 0 Å². The molecule has 3 nitrogen and oxygen atoms in total. The Morgan fingerprint density at radius 3 is 2.62 bits per heavy atom. The second-order valence-corrected chi connectivity index (χ2v) is 5.52. The Kier molecular flexibility index (Phi) is 5.34. The second-order valence-electron chi connectivity index (χ2n) is 5.52. The number of carbonyl (C=O) groups excluding carboxylic acids is 1. The standard InChI is InChI=1S/C17H23FO3/c1-3-21-17(10-5-4-6-11-17)15(19)12-13-8-7-9-14(20-2)16(13)18/h7-9H,3-6,10-12H2,1-2H3. The Morgan fingerprint density at radius 1 is 1.29 bits per heavy atom. The topological polar surface area (TPSA) is 35.5 Å². The highest BCUT2D eigenvalue weighted by atomic mass is 19.1. The first-order chi connectivity index (χ1) is 10.1. The Morgan fingerprint density at radius 2 is 2.00 bits per heavy atom. The van der Waals surface area contributed by atoms with Gasteiger partial charge in [-0.05, 0) is 31.4 Å². The lowest BCUT2D eigenvalue weighted by atomic mass is 9.79. The summed E-state index contributed by atoms with van der Waals surface area (Å²) in [6.45, 7) is 2.40. The predicted molar refractivity (Wildman–Crippen MR) is 79.1 cm³/mol. The third-order valence-corrected chi connectivity index (χ3v) is 4.20. The van der Waals surface area contributed by atoms with Crippen LogP contribution in [-0.2, 0) is 16.0 Å². The Balaban J connectivity index is 2.19. The van der Waals surface area contributed by atoms with Crippen LogP contribution in [0.5, 0.6) is 5.75 Å². The van der Waals surface area contributed by atoms with Gasteiger partial charge in [-0.3, -0.25) is 4.79 Å².